The first-order valence-corrected chi connectivity index (χ1v) is 12.7. The number of hydrogen-bond donors (Lipinski definition) is 1. The van der Waals surface area contributed by atoms with Crippen molar-refractivity contribution in [1.82, 2.24) is 14.2 Å². The number of amides is 1. The molecule has 0 saturated carbocycles. The minimum absolute atomic E-state index is 0.150. The molecule has 1 aliphatic heterocycles. The van der Waals surface area contributed by atoms with Crippen molar-refractivity contribution >= 4 is 44.6 Å². The summed E-state index contributed by atoms with van der Waals surface area (Å²) in [6.07, 6.45) is 2.92. The molecule has 0 aliphatic carbocycles. The van der Waals surface area contributed by atoms with Gasteiger partial charge in [0, 0.05) is 38.0 Å². The first-order chi connectivity index (χ1) is 14.3. The Kier molecular flexibility index (Phi) is 7.86. The average Bonchev–Trinajstić information content (AvgIpc) is 3.40. The van der Waals surface area contributed by atoms with Gasteiger partial charge in [-0.15, -0.1) is 11.3 Å². The molecule has 10 heteroatoms. The Hall–Kier alpha value is -1.52. The lowest BCUT2D eigenvalue weighted by Gasteiger charge is -2.17. The van der Waals surface area contributed by atoms with Crippen molar-refractivity contribution < 1.29 is 13.2 Å². The van der Waals surface area contributed by atoms with Gasteiger partial charge in [0.2, 0.25) is 15.9 Å². The molecule has 1 aliphatic rings. The Morgan fingerprint density at radius 2 is 2.07 bits per heavy atom. The highest BCUT2D eigenvalue weighted by atomic mass is 35.5. The van der Waals surface area contributed by atoms with E-state index in [1.807, 2.05) is 17.3 Å². The normalized spacial score (nSPS) is 15.1. The van der Waals surface area contributed by atoms with Crippen LogP contribution in [-0.2, 0) is 27.8 Å². The Morgan fingerprint density at radius 3 is 2.73 bits per heavy atom. The predicted molar refractivity (Wildman–Crippen MR) is 121 cm³/mol. The molecule has 0 radical (unpaired) electrons. The molecular formula is C20H27ClN4O3S2. The highest BCUT2D eigenvalue weighted by molar-refractivity contribution is 7.89. The van der Waals surface area contributed by atoms with Crippen LogP contribution >= 0.6 is 22.9 Å². The van der Waals surface area contributed by atoms with E-state index in [-0.39, 0.29) is 17.2 Å². The minimum Gasteiger partial charge on any atom is -0.325 e. The van der Waals surface area contributed by atoms with Gasteiger partial charge in [0.25, 0.3) is 0 Å². The maximum atomic E-state index is 12.8. The summed E-state index contributed by atoms with van der Waals surface area (Å²) in [5.74, 6) is -0.216. The third kappa shape index (κ3) is 5.79. The summed E-state index contributed by atoms with van der Waals surface area (Å²) in [5, 5.41) is 6.21. The number of sulfonamides is 1. The van der Waals surface area contributed by atoms with Crippen LogP contribution in [0.1, 0.15) is 36.9 Å². The van der Waals surface area contributed by atoms with E-state index in [2.05, 4.69) is 17.2 Å². The fourth-order valence-electron chi connectivity index (χ4n) is 3.28. The highest BCUT2D eigenvalue weighted by Gasteiger charge is 2.27. The van der Waals surface area contributed by atoms with Crippen molar-refractivity contribution in [3.8, 4) is 0 Å². The summed E-state index contributed by atoms with van der Waals surface area (Å²) < 4.78 is 27.0. The van der Waals surface area contributed by atoms with Crippen molar-refractivity contribution in [3.63, 3.8) is 0 Å². The third-order valence-electron chi connectivity index (χ3n) is 4.97. The quantitative estimate of drug-likeness (QED) is 0.605. The molecule has 164 valence electrons. The lowest BCUT2D eigenvalue weighted by Crippen LogP contribution is -2.28. The maximum absolute atomic E-state index is 12.8. The third-order valence-corrected chi connectivity index (χ3v) is 8.24. The molecule has 0 bridgehead atoms. The van der Waals surface area contributed by atoms with Gasteiger partial charge >= 0.3 is 0 Å². The van der Waals surface area contributed by atoms with E-state index in [9.17, 15) is 13.2 Å². The van der Waals surface area contributed by atoms with Crippen LogP contribution in [0, 0.1) is 0 Å². The molecule has 7 nitrogen and oxygen atoms in total. The van der Waals surface area contributed by atoms with Gasteiger partial charge in [0.15, 0.2) is 0 Å². The second-order valence-corrected chi connectivity index (χ2v) is 10.7. The number of nitrogens with zero attached hydrogens (tertiary/aromatic N) is 3. The van der Waals surface area contributed by atoms with E-state index < -0.39 is 10.0 Å². The number of aromatic nitrogens is 1. The zero-order chi connectivity index (χ0) is 21.7. The number of benzene rings is 1. The largest absolute Gasteiger partial charge is 0.325 e. The summed E-state index contributed by atoms with van der Waals surface area (Å²) in [6.45, 7) is 4.35. The zero-order valence-electron chi connectivity index (χ0n) is 17.2. The number of carbonyl (C=O) groups excluding carboxylic acids is 1. The second-order valence-electron chi connectivity index (χ2n) is 7.37. The Bertz CT molecular complexity index is 988. The van der Waals surface area contributed by atoms with Gasteiger partial charge in [-0.3, -0.25) is 4.79 Å². The number of carbonyl (C=O) groups is 1. The van der Waals surface area contributed by atoms with Gasteiger partial charge < -0.3 is 10.2 Å². The fourth-order valence-corrected chi connectivity index (χ4v) is 5.73. The van der Waals surface area contributed by atoms with Crippen LogP contribution in [0.15, 0.2) is 28.5 Å². The molecule has 0 atom stereocenters. The van der Waals surface area contributed by atoms with Gasteiger partial charge in [-0.1, -0.05) is 18.5 Å². The molecule has 1 fully saturated rings. The van der Waals surface area contributed by atoms with Crippen LogP contribution < -0.4 is 5.32 Å². The average molecular weight is 471 g/mol. The first kappa shape index (κ1) is 23.1. The molecule has 0 spiro atoms. The second kappa shape index (κ2) is 10.2. The van der Waals surface area contributed by atoms with Crippen LogP contribution in [0.5, 0.6) is 0 Å². The number of halogens is 1. The van der Waals surface area contributed by atoms with Crippen molar-refractivity contribution in [3.05, 3.63) is 39.3 Å². The molecule has 1 N–H and O–H groups in total. The van der Waals surface area contributed by atoms with Crippen LogP contribution in [0.4, 0.5) is 5.69 Å². The van der Waals surface area contributed by atoms with Crippen molar-refractivity contribution in [2.75, 3.05) is 32.0 Å². The number of anilines is 1. The molecular weight excluding hydrogens is 444 g/mol. The van der Waals surface area contributed by atoms with Crippen LogP contribution in [0.25, 0.3) is 0 Å². The highest BCUT2D eigenvalue weighted by Crippen LogP contribution is 2.28. The van der Waals surface area contributed by atoms with Crippen LogP contribution in [0.3, 0.4) is 0 Å². The minimum atomic E-state index is -3.57. The van der Waals surface area contributed by atoms with E-state index in [0.717, 1.165) is 30.0 Å². The van der Waals surface area contributed by atoms with Gasteiger partial charge in [-0.25, -0.2) is 13.4 Å². The van der Waals surface area contributed by atoms with E-state index in [0.29, 0.717) is 36.9 Å². The smallest absolute Gasteiger partial charge is 0.243 e. The number of thiazole rings is 1. The van der Waals surface area contributed by atoms with E-state index in [4.69, 9.17) is 11.6 Å². The summed E-state index contributed by atoms with van der Waals surface area (Å²) in [5.41, 5.74) is 1.32. The number of nitrogens with one attached hydrogen (secondary N) is 1. The number of rotatable bonds is 9. The molecule has 1 saturated heterocycles. The Labute approximate surface area is 187 Å². The van der Waals surface area contributed by atoms with Crippen molar-refractivity contribution in [1.29, 1.82) is 0 Å². The van der Waals surface area contributed by atoms with Crippen LogP contribution in [0.2, 0.25) is 5.02 Å². The SMILES string of the molecule is CCc1nc(CN(C)CCC(=O)Nc2cc(S(=O)(=O)N3CCCC3)ccc2Cl)cs1. The van der Waals surface area contributed by atoms with E-state index >= 15 is 0 Å². The molecule has 1 aromatic carbocycles. The van der Waals surface area contributed by atoms with Gasteiger partial charge in [-0.05, 0) is 44.5 Å². The van der Waals surface area contributed by atoms with Crippen molar-refractivity contribution in [2.45, 2.75) is 44.0 Å². The fraction of sp³-hybridized carbons (Fsp3) is 0.500. The first-order valence-electron chi connectivity index (χ1n) is 10.0. The van der Waals surface area contributed by atoms with Gasteiger partial charge in [-0.2, -0.15) is 4.31 Å². The number of aryl methyl sites for hydroxylation is 1. The van der Waals surface area contributed by atoms with Crippen molar-refractivity contribution in [2.24, 2.45) is 0 Å². The topological polar surface area (TPSA) is 82.6 Å². The van der Waals surface area contributed by atoms with Crippen LogP contribution in [-0.4, -0.2) is 55.2 Å². The molecule has 3 rings (SSSR count). The summed E-state index contributed by atoms with van der Waals surface area (Å²) in [4.78, 5) is 19.1. The van der Waals surface area contributed by atoms with E-state index in [1.54, 1.807) is 11.3 Å². The summed E-state index contributed by atoms with van der Waals surface area (Å²) in [7, 11) is -1.63. The zero-order valence-corrected chi connectivity index (χ0v) is 19.6. The maximum Gasteiger partial charge on any atom is 0.243 e. The molecule has 30 heavy (non-hydrogen) atoms. The predicted octanol–water partition coefficient (Wildman–Crippen LogP) is 3.60. The monoisotopic (exact) mass is 470 g/mol. The van der Waals surface area contributed by atoms with Gasteiger partial charge in [0.1, 0.15) is 0 Å². The molecule has 0 unspecified atom stereocenters. The summed E-state index contributed by atoms with van der Waals surface area (Å²) in [6, 6.07) is 4.44. The molecule has 1 amide bonds. The summed E-state index contributed by atoms with van der Waals surface area (Å²) >= 11 is 7.84. The molecule has 2 aromatic rings. The molecule has 2 heterocycles. The lowest BCUT2D eigenvalue weighted by molar-refractivity contribution is -0.116. The standard InChI is InChI=1S/C20H27ClN4O3S2/c1-3-20-22-15(14-29-20)13-24(2)11-8-19(26)23-18-12-16(6-7-17(18)21)30(27,28)25-9-4-5-10-25/h6-7,12,14H,3-5,8-11,13H2,1-2H3,(H,23,26). The van der Waals surface area contributed by atoms with E-state index in [1.165, 1.54) is 22.5 Å². The Balaban J connectivity index is 1.58. The lowest BCUT2D eigenvalue weighted by atomic mass is 10.3. The molecule has 1 aromatic heterocycles. The Morgan fingerprint density at radius 1 is 1.33 bits per heavy atom. The number of hydrogen-bond acceptors (Lipinski definition) is 6. The van der Waals surface area contributed by atoms with Gasteiger partial charge in [0.05, 0.1) is 26.3 Å².